The first-order valence-electron chi connectivity index (χ1n) is 3.57. The molecule has 0 amide bonds. The minimum absolute atomic E-state index is 0.842. The van der Waals surface area contributed by atoms with E-state index < -0.39 is 0 Å². The van der Waals surface area contributed by atoms with Gasteiger partial charge >= 0.3 is 0 Å². The maximum absolute atomic E-state index is 3.95. The largest absolute Gasteiger partial charge is 0.311 e. The number of hydrogen-bond donors (Lipinski definition) is 1. The van der Waals surface area contributed by atoms with Crippen LogP contribution in [0.2, 0.25) is 0 Å². The van der Waals surface area contributed by atoms with Gasteiger partial charge in [0.15, 0.2) is 0 Å². The second-order valence-corrected chi connectivity index (χ2v) is 2.15. The SMILES string of the molecule is C=CCNCCn1cncn1. The molecule has 0 spiro atoms. The lowest BCUT2D eigenvalue weighted by Crippen LogP contribution is -2.19. The van der Waals surface area contributed by atoms with Gasteiger partial charge in [-0.25, -0.2) is 4.98 Å². The van der Waals surface area contributed by atoms with Crippen molar-refractivity contribution in [3.8, 4) is 0 Å². The van der Waals surface area contributed by atoms with Crippen LogP contribution in [0.1, 0.15) is 0 Å². The zero-order chi connectivity index (χ0) is 7.94. The summed E-state index contributed by atoms with van der Waals surface area (Å²) in [7, 11) is 0. The van der Waals surface area contributed by atoms with Gasteiger partial charge in [-0.2, -0.15) is 5.10 Å². The zero-order valence-corrected chi connectivity index (χ0v) is 6.40. The maximum Gasteiger partial charge on any atom is 0.137 e. The Morgan fingerprint density at radius 1 is 1.64 bits per heavy atom. The van der Waals surface area contributed by atoms with Gasteiger partial charge in [0, 0.05) is 13.1 Å². The highest BCUT2D eigenvalue weighted by Crippen LogP contribution is 1.77. The molecule has 0 fully saturated rings. The summed E-state index contributed by atoms with van der Waals surface area (Å²) in [6, 6.07) is 0. The predicted octanol–water partition coefficient (Wildman–Crippen LogP) is 0.0537. The number of nitrogens with one attached hydrogen (secondary N) is 1. The van der Waals surface area contributed by atoms with E-state index in [-0.39, 0.29) is 0 Å². The van der Waals surface area contributed by atoms with Crippen molar-refractivity contribution in [2.75, 3.05) is 13.1 Å². The van der Waals surface area contributed by atoms with E-state index in [1.165, 1.54) is 6.33 Å². The Bertz CT molecular complexity index is 192. The molecule has 0 atom stereocenters. The Labute approximate surface area is 65.9 Å². The van der Waals surface area contributed by atoms with Gasteiger partial charge < -0.3 is 5.32 Å². The first kappa shape index (κ1) is 7.94. The van der Waals surface area contributed by atoms with E-state index in [2.05, 4.69) is 22.0 Å². The Morgan fingerprint density at radius 2 is 2.55 bits per heavy atom. The van der Waals surface area contributed by atoms with Gasteiger partial charge in [-0.15, -0.1) is 6.58 Å². The Hall–Kier alpha value is -1.16. The Balaban J connectivity index is 2.09. The van der Waals surface area contributed by atoms with Gasteiger partial charge in [-0.1, -0.05) is 6.08 Å². The molecular formula is C7H12N4. The van der Waals surface area contributed by atoms with E-state index in [1.54, 1.807) is 11.0 Å². The second-order valence-electron chi connectivity index (χ2n) is 2.15. The molecule has 0 aliphatic rings. The van der Waals surface area contributed by atoms with E-state index in [4.69, 9.17) is 0 Å². The summed E-state index contributed by atoms with van der Waals surface area (Å²) in [6.45, 7) is 6.19. The second kappa shape index (κ2) is 4.62. The molecule has 60 valence electrons. The van der Waals surface area contributed by atoms with Crippen molar-refractivity contribution in [2.45, 2.75) is 6.54 Å². The summed E-state index contributed by atoms with van der Waals surface area (Å²) < 4.78 is 1.79. The first-order chi connectivity index (χ1) is 5.43. The maximum atomic E-state index is 3.95. The summed E-state index contributed by atoms with van der Waals surface area (Å²) in [5.41, 5.74) is 0. The first-order valence-corrected chi connectivity index (χ1v) is 3.57. The molecule has 11 heavy (non-hydrogen) atoms. The predicted molar refractivity (Wildman–Crippen MR) is 43.1 cm³/mol. The standard InChI is InChI=1S/C7H12N4/c1-2-3-8-4-5-11-7-9-6-10-11/h2,6-8H,1,3-5H2. The van der Waals surface area contributed by atoms with Crippen LogP contribution in [0.5, 0.6) is 0 Å². The van der Waals surface area contributed by atoms with Crippen LogP contribution in [-0.2, 0) is 6.54 Å². The summed E-state index contributed by atoms with van der Waals surface area (Å²) in [4.78, 5) is 3.82. The number of hydrogen-bond acceptors (Lipinski definition) is 3. The van der Waals surface area contributed by atoms with Crippen molar-refractivity contribution in [1.82, 2.24) is 20.1 Å². The van der Waals surface area contributed by atoms with Crippen LogP contribution in [0.15, 0.2) is 25.3 Å². The third-order valence-electron chi connectivity index (χ3n) is 1.27. The Morgan fingerprint density at radius 3 is 3.18 bits per heavy atom. The average molecular weight is 152 g/mol. The van der Waals surface area contributed by atoms with E-state index in [0.29, 0.717) is 0 Å². The van der Waals surface area contributed by atoms with Crippen LogP contribution < -0.4 is 5.32 Å². The number of rotatable bonds is 5. The van der Waals surface area contributed by atoms with Crippen molar-refractivity contribution in [1.29, 1.82) is 0 Å². The molecule has 1 aromatic rings. The molecule has 1 rings (SSSR count). The van der Waals surface area contributed by atoms with Crippen LogP contribution in [0.25, 0.3) is 0 Å². The lowest BCUT2D eigenvalue weighted by atomic mass is 10.5. The highest BCUT2D eigenvalue weighted by molar-refractivity contribution is 4.69. The molecule has 1 aromatic heterocycles. The van der Waals surface area contributed by atoms with E-state index in [0.717, 1.165) is 19.6 Å². The highest BCUT2D eigenvalue weighted by Gasteiger charge is 1.88. The van der Waals surface area contributed by atoms with Crippen LogP contribution in [0.4, 0.5) is 0 Å². The molecule has 1 heterocycles. The minimum Gasteiger partial charge on any atom is -0.311 e. The fourth-order valence-corrected chi connectivity index (χ4v) is 0.746. The summed E-state index contributed by atoms with van der Waals surface area (Å²) in [5.74, 6) is 0. The minimum atomic E-state index is 0.842. The summed E-state index contributed by atoms with van der Waals surface area (Å²) in [6.07, 6.45) is 5.07. The average Bonchev–Trinajstić information content (AvgIpc) is 2.50. The molecule has 0 bridgehead atoms. The van der Waals surface area contributed by atoms with Gasteiger partial charge in [-0.3, -0.25) is 4.68 Å². The Kier molecular flexibility index (Phi) is 3.34. The van der Waals surface area contributed by atoms with Crippen molar-refractivity contribution in [3.63, 3.8) is 0 Å². The highest BCUT2D eigenvalue weighted by atomic mass is 15.3. The quantitative estimate of drug-likeness (QED) is 0.479. The normalized spacial score (nSPS) is 9.82. The van der Waals surface area contributed by atoms with Crippen LogP contribution in [-0.4, -0.2) is 27.9 Å². The van der Waals surface area contributed by atoms with Crippen LogP contribution in [0.3, 0.4) is 0 Å². The molecule has 0 aliphatic heterocycles. The third kappa shape index (κ3) is 2.95. The lowest BCUT2D eigenvalue weighted by molar-refractivity contribution is 0.572. The van der Waals surface area contributed by atoms with E-state index in [1.807, 2.05) is 6.08 Å². The lowest BCUT2D eigenvalue weighted by Gasteiger charge is -1.99. The van der Waals surface area contributed by atoms with Gasteiger partial charge in [0.2, 0.25) is 0 Å². The molecular weight excluding hydrogens is 140 g/mol. The number of nitrogens with zero attached hydrogens (tertiary/aromatic N) is 3. The monoisotopic (exact) mass is 152 g/mol. The summed E-state index contributed by atoms with van der Waals surface area (Å²) in [5, 5.41) is 7.12. The van der Waals surface area contributed by atoms with Gasteiger partial charge in [-0.05, 0) is 0 Å². The molecule has 4 heteroatoms. The van der Waals surface area contributed by atoms with Crippen LogP contribution >= 0.6 is 0 Å². The van der Waals surface area contributed by atoms with Gasteiger partial charge in [0.05, 0.1) is 6.54 Å². The molecule has 0 aliphatic carbocycles. The van der Waals surface area contributed by atoms with Gasteiger partial charge in [0.1, 0.15) is 12.7 Å². The van der Waals surface area contributed by atoms with E-state index in [9.17, 15) is 0 Å². The van der Waals surface area contributed by atoms with Crippen molar-refractivity contribution in [3.05, 3.63) is 25.3 Å². The summed E-state index contributed by atoms with van der Waals surface area (Å²) >= 11 is 0. The van der Waals surface area contributed by atoms with Crippen molar-refractivity contribution >= 4 is 0 Å². The topological polar surface area (TPSA) is 42.7 Å². The third-order valence-corrected chi connectivity index (χ3v) is 1.27. The zero-order valence-electron chi connectivity index (χ0n) is 6.40. The molecule has 1 N–H and O–H groups in total. The number of aromatic nitrogens is 3. The van der Waals surface area contributed by atoms with Crippen molar-refractivity contribution in [2.24, 2.45) is 0 Å². The smallest absolute Gasteiger partial charge is 0.137 e. The van der Waals surface area contributed by atoms with Crippen molar-refractivity contribution < 1.29 is 0 Å². The molecule has 0 aromatic carbocycles. The van der Waals surface area contributed by atoms with E-state index >= 15 is 0 Å². The molecule has 4 nitrogen and oxygen atoms in total. The van der Waals surface area contributed by atoms with Crippen LogP contribution in [0, 0.1) is 0 Å². The molecule has 0 saturated carbocycles. The van der Waals surface area contributed by atoms with Gasteiger partial charge in [0.25, 0.3) is 0 Å². The molecule has 0 radical (unpaired) electrons. The fourth-order valence-electron chi connectivity index (χ4n) is 0.746. The fraction of sp³-hybridized carbons (Fsp3) is 0.429. The molecule has 0 unspecified atom stereocenters. The molecule has 0 saturated heterocycles.